The topological polar surface area (TPSA) is 793 Å². The Morgan fingerprint density at radius 2 is 0.677 bits per heavy atom. The third kappa shape index (κ3) is 20.7. The van der Waals surface area contributed by atoms with Gasteiger partial charge in [-0.2, -0.15) is 0 Å². The second-order valence-electron chi connectivity index (χ2n) is 40.0. The van der Waals surface area contributed by atoms with Crippen molar-refractivity contribution < 1.29 is 244 Å². The SMILES string of the molecule is C[C@H](CC[C@@H](O[C@@H]1O[C@H](CO[C@@H]2O[C@H](CO)[C@@H](O)[C@H](O)[C@H]2O)[C@@H](O[C@@H]2O[C@H](CO)[C@@H](O)[C@H](O)[C@H]2O)[C@H](O)[C@H]1O)C(C)(C)O[C@@H]1O[C@H](CO[C@@H]2O[C@H](CO)[C@@H](O)[C@H](O)[C@H]2O)[C@@H](O)[C@H](O)[C@H]1O)[C@H]1CC[C@@]2(C)[C@@H]3CC=C4C(CC[C@H](O[C@@H]5O[C@H](CO[C@@H]6O[C@H](CO[C@@H]7O[C@H](CO)[C@@H](O)[C@H](O)[C@H]7O)[C@@H](O)[C@H](O)[C@H]6O)[C@@H](O)[C@H](O)[C@H]5O[C@@H]5O[C@H](CO)[C@@H](O)[C@H](O)[C@H]5O)C4(C)C)[C@]3(C)[C@H](O)C[C@]12C. The quantitative estimate of drug-likeness (QED) is 0.0278. The summed E-state index contributed by atoms with van der Waals surface area (Å²) in [5, 5.41) is 341. The van der Waals surface area contributed by atoms with Crippen LogP contribution in [-0.4, -0.2) is 518 Å². The summed E-state index contributed by atoms with van der Waals surface area (Å²) in [6.07, 6.45) is -82.3. The molecule has 0 radical (unpaired) electrons. The molecule has 0 aromatic carbocycles. The van der Waals surface area contributed by atoms with E-state index in [4.69, 9.17) is 85.3 Å². The van der Waals surface area contributed by atoms with Gasteiger partial charge >= 0.3 is 0 Å². The Labute approximate surface area is 764 Å². The van der Waals surface area contributed by atoms with Gasteiger partial charge in [-0.25, -0.2) is 0 Å². The third-order valence-corrected chi connectivity index (χ3v) is 31.4. The summed E-state index contributed by atoms with van der Waals surface area (Å²) < 4.78 is 108. The van der Waals surface area contributed by atoms with Crippen molar-refractivity contribution in [1.82, 2.24) is 0 Å². The molecule has 1 unspecified atom stereocenters. The van der Waals surface area contributed by atoms with Gasteiger partial charge in [0.25, 0.3) is 0 Å². The first-order valence-electron chi connectivity index (χ1n) is 45.6. The number of hydrogen-bond donors (Lipinski definition) is 31. The van der Waals surface area contributed by atoms with Crippen LogP contribution in [-0.2, 0) is 85.3 Å². The van der Waals surface area contributed by atoms with E-state index in [-0.39, 0.29) is 49.4 Å². The predicted molar refractivity (Wildman–Crippen MR) is 431 cm³/mol. The second kappa shape index (κ2) is 43.4. The minimum atomic E-state index is -2.20. The fraction of sp³-hybridized carbons (Fsp3) is 0.976. The number of rotatable bonds is 32. The number of aliphatic hydroxyl groups is 31. The number of ether oxygens (including phenoxy) is 18. The highest BCUT2D eigenvalue weighted by atomic mass is 16.8. The second-order valence-corrected chi connectivity index (χ2v) is 40.0. The summed E-state index contributed by atoms with van der Waals surface area (Å²) in [5.74, 6) is -1.05. The van der Waals surface area contributed by atoms with Gasteiger partial charge in [-0.05, 0) is 99.7 Å². The molecule has 31 N–H and O–H groups in total. The molecule has 12 fully saturated rings. The van der Waals surface area contributed by atoms with Crippen molar-refractivity contribution in [3.8, 4) is 0 Å². The average Bonchev–Trinajstić information content (AvgIpc) is 1.16. The predicted octanol–water partition coefficient (Wildman–Crippen LogP) is -14.1. The van der Waals surface area contributed by atoms with Crippen LogP contribution in [0, 0.1) is 45.3 Å². The van der Waals surface area contributed by atoms with Crippen LogP contribution in [0.3, 0.4) is 0 Å². The summed E-state index contributed by atoms with van der Waals surface area (Å²) in [4.78, 5) is 0. The Hall–Kier alpha value is -2.22. The van der Waals surface area contributed by atoms with Crippen molar-refractivity contribution in [3.63, 3.8) is 0 Å². The van der Waals surface area contributed by atoms with Gasteiger partial charge in [0, 0.05) is 10.8 Å². The Balaban J connectivity index is 0.745. The molecule has 0 spiro atoms. The molecule has 9 aliphatic heterocycles. The standard InChI is InChI=1S/C84H142O49/c1-27(9-13-43(81(4,5)133-78-67(114)58(105)50(97)37(126-78)24-117-72-62(109)53(100)45(92)32(19-86)121-72)130-75-68(115)60(107)69(131-76-65(112)55(102)47(94)34(21-88)123-76)39(128-75)26-119-73-63(110)54(101)46(93)33(20-87)122-73)28-15-16-82(6)40-12-10-29-30(84(40,8)41(90)17-83(28,82)7)11-14-42(80(29,2)3)129-79-70(132-77-66(113)56(103)48(95)35(22-89)124-77)59(106)51(98)38(127-79)25-118-74-64(111)57(104)49(96)36(125-74)23-116-71-61(108)52(99)44(91)31(18-85)120-71/h10,27-28,30-79,85-115H,9,11-26H2,1-8H3/t27-,28-,30?,31-,32-,33-,34-,35-,36-,37-,38-,39-,40+,41-,42+,43-,44-,45-,46-,47-,48-,49-,50-,51-,52+,53+,54+,55+,56+,57+,58+,59+,60-,61-,62-,63-,64-,65-,66-,67-,68-,69-,70-,71-,72-,73-,74-,75+,76+,77+,78+,79+,82+,83-,84+/m1/s1. The molecule has 9 saturated heterocycles. The number of hydrogen-bond acceptors (Lipinski definition) is 49. The van der Waals surface area contributed by atoms with E-state index in [0.29, 0.717) is 25.7 Å². The van der Waals surface area contributed by atoms with E-state index in [9.17, 15) is 158 Å². The first-order chi connectivity index (χ1) is 62.5. The molecule has 0 bridgehead atoms. The van der Waals surface area contributed by atoms with E-state index in [1.54, 1.807) is 0 Å². The van der Waals surface area contributed by atoms with Crippen molar-refractivity contribution in [2.75, 3.05) is 59.5 Å². The molecule has 772 valence electrons. The highest BCUT2D eigenvalue weighted by Crippen LogP contribution is 2.75. The molecule has 133 heavy (non-hydrogen) atoms. The lowest BCUT2D eigenvalue weighted by molar-refractivity contribution is -0.381. The van der Waals surface area contributed by atoms with Crippen molar-refractivity contribution >= 4 is 0 Å². The lowest BCUT2D eigenvalue weighted by Crippen LogP contribution is -2.66. The van der Waals surface area contributed by atoms with Crippen molar-refractivity contribution in [1.29, 1.82) is 0 Å². The van der Waals surface area contributed by atoms with Gasteiger partial charge in [0.15, 0.2) is 56.6 Å². The molecule has 49 heteroatoms. The lowest BCUT2D eigenvalue weighted by Gasteiger charge is -2.67. The molecule has 13 rings (SSSR count). The van der Waals surface area contributed by atoms with Gasteiger partial charge in [0.2, 0.25) is 0 Å². The molecular weight excluding hydrogens is 1790 g/mol. The number of fused-ring (bicyclic) bond motifs is 5. The van der Waals surface area contributed by atoms with Gasteiger partial charge in [0.1, 0.15) is 220 Å². The van der Waals surface area contributed by atoms with Gasteiger partial charge in [0.05, 0.1) is 83.4 Å². The Morgan fingerprint density at radius 1 is 0.346 bits per heavy atom. The summed E-state index contributed by atoms with van der Waals surface area (Å²) >= 11 is 0. The normalized spacial score (nSPS) is 52.6. The third-order valence-electron chi connectivity index (χ3n) is 31.4. The Bertz CT molecular complexity index is 3690. The molecule has 0 amide bonds. The molecule has 55 atom stereocenters. The summed E-state index contributed by atoms with van der Waals surface area (Å²) in [6.45, 7) is 7.77. The zero-order chi connectivity index (χ0) is 97.6. The van der Waals surface area contributed by atoms with Gasteiger partial charge in [-0.1, -0.05) is 53.2 Å². The van der Waals surface area contributed by atoms with Crippen LogP contribution < -0.4 is 0 Å². The van der Waals surface area contributed by atoms with Gasteiger partial charge in [-0.15, -0.1) is 0 Å². The first kappa shape index (κ1) is 108. The van der Waals surface area contributed by atoms with Crippen LogP contribution in [0.4, 0.5) is 0 Å². The smallest absolute Gasteiger partial charge is 0.187 e. The molecular formula is C84H142O49. The van der Waals surface area contributed by atoms with Crippen molar-refractivity contribution in [2.24, 2.45) is 45.3 Å². The maximum Gasteiger partial charge on any atom is 0.187 e. The zero-order valence-electron chi connectivity index (χ0n) is 74.8. The van der Waals surface area contributed by atoms with Crippen LogP contribution in [0.25, 0.3) is 0 Å². The summed E-state index contributed by atoms with van der Waals surface area (Å²) in [7, 11) is 0. The molecule has 4 aliphatic carbocycles. The lowest BCUT2D eigenvalue weighted by atomic mass is 9.38. The van der Waals surface area contributed by atoms with Gasteiger partial charge in [-0.3, -0.25) is 0 Å². The maximum absolute atomic E-state index is 13.3. The van der Waals surface area contributed by atoms with E-state index in [0.717, 1.165) is 5.57 Å². The molecule has 0 aromatic heterocycles. The molecule has 49 nitrogen and oxygen atoms in total. The maximum atomic E-state index is 13.3. The van der Waals surface area contributed by atoms with E-state index in [2.05, 4.69) is 26.8 Å². The van der Waals surface area contributed by atoms with Crippen molar-refractivity contribution in [2.45, 2.75) is 407 Å². The van der Waals surface area contributed by atoms with E-state index < -0.39 is 381 Å². The van der Waals surface area contributed by atoms with Crippen LogP contribution in [0.2, 0.25) is 0 Å². The zero-order valence-corrected chi connectivity index (χ0v) is 74.8. The highest BCUT2D eigenvalue weighted by Gasteiger charge is 2.71. The van der Waals surface area contributed by atoms with E-state index in [1.807, 2.05) is 20.8 Å². The average molecular weight is 1940 g/mol. The summed E-state index contributed by atoms with van der Waals surface area (Å²) in [6, 6.07) is 0. The molecule has 9 heterocycles. The Kier molecular flexibility index (Phi) is 35.2. The number of aliphatic hydroxyl groups excluding tert-OH is 31. The fourth-order valence-corrected chi connectivity index (χ4v) is 22.8. The fourth-order valence-electron chi connectivity index (χ4n) is 22.8. The van der Waals surface area contributed by atoms with Gasteiger partial charge < -0.3 is 244 Å². The number of allylic oxidation sites excluding steroid dienone is 1. The van der Waals surface area contributed by atoms with E-state index in [1.165, 1.54) is 13.8 Å². The van der Waals surface area contributed by atoms with Crippen LogP contribution in [0.1, 0.15) is 107 Å². The minimum absolute atomic E-state index is 0.0836. The highest BCUT2D eigenvalue weighted by molar-refractivity contribution is 5.32. The minimum Gasteiger partial charge on any atom is -0.394 e. The Morgan fingerprint density at radius 3 is 1.10 bits per heavy atom. The monoisotopic (exact) mass is 1930 g/mol. The molecule has 3 saturated carbocycles. The van der Waals surface area contributed by atoms with Crippen LogP contribution in [0.15, 0.2) is 11.6 Å². The largest absolute Gasteiger partial charge is 0.394 e. The first-order valence-corrected chi connectivity index (χ1v) is 45.6. The van der Waals surface area contributed by atoms with E-state index >= 15 is 0 Å². The molecule has 13 aliphatic rings. The summed E-state index contributed by atoms with van der Waals surface area (Å²) in [5.41, 5.74) is -3.99. The molecule has 0 aromatic rings. The van der Waals surface area contributed by atoms with Crippen LogP contribution in [0.5, 0.6) is 0 Å². The van der Waals surface area contributed by atoms with Crippen molar-refractivity contribution in [3.05, 3.63) is 11.6 Å². The van der Waals surface area contributed by atoms with Crippen LogP contribution >= 0.6 is 0 Å².